The van der Waals surface area contributed by atoms with E-state index in [1.54, 1.807) is 24.3 Å². The Morgan fingerprint density at radius 3 is 2.47 bits per heavy atom. The Labute approximate surface area is 255 Å². The van der Waals surface area contributed by atoms with Crippen LogP contribution < -0.4 is 24.8 Å². The van der Waals surface area contributed by atoms with Gasteiger partial charge >= 0.3 is 0 Å². The second kappa shape index (κ2) is 13.0. The van der Waals surface area contributed by atoms with Crippen molar-refractivity contribution in [1.29, 1.82) is 0 Å². The van der Waals surface area contributed by atoms with Gasteiger partial charge in [-0.2, -0.15) is 0 Å². The number of carbonyl (C=O) groups is 2. The molecule has 2 aliphatic heterocycles. The molecule has 0 bridgehead atoms. The number of thiophene rings is 1. The number of aryl methyl sites for hydroxylation is 1. The van der Waals surface area contributed by atoms with Crippen LogP contribution in [0, 0.1) is 6.92 Å². The molecule has 1 fully saturated rings. The lowest BCUT2D eigenvalue weighted by atomic mass is 10.1. The summed E-state index contributed by atoms with van der Waals surface area (Å²) in [4.78, 5) is 31.7. The molecule has 224 valence electrons. The molecule has 1 saturated heterocycles. The molecule has 2 amide bonds. The van der Waals surface area contributed by atoms with Crippen molar-refractivity contribution in [2.45, 2.75) is 13.8 Å². The maximum atomic E-state index is 13.3. The van der Waals surface area contributed by atoms with Crippen LogP contribution in [0.3, 0.4) is 0 Å². The summed E-state index contributed by atoms with van der Waals surface area (Å²) in [5.74, 6) is 1.52. The summed E-state index contributed by atoms with van der Waals surface area (Å²) < 4.78 is 18.2. The van der Waals surface area contributed by atoms with Crippen LogP contribution in [0.25, 0.3) is 10.1 Å². The van der Waals surface area contributed by atoms with E-state index >= 15 is 0 Å². The predicted molar refractivity (Wildman–Crippen MR) is 170 cm³/mol. The van der Waals surface area contributed by atoms with E-state index in [0.29, 0.717) is 53.1 Å². The number of benzene rings is 3. The Morgan fingerprint density at radius 2 is 1.65 bits per heavy atom. The molecule has 2 aliphatic rings. The zero-order chi connectivity index (χ0) is 29.8. The predicted octanol–water partition coefficient (Wildman–Crippen LogP) is 5.50. The molecule has 3 aromatic carbocycles. The number of hydrogen-bond acceptors (Lipinski definition) is 8. The summed E-state index contributed by atoms with van der Waals surface area (Å²) in [6.45, 7) is 12.1. The van der Waals surface area contributed by atoms with Crippen LogP contribution in [-0.4, -0.2) is 80.7 Å². The highest BCUT2D eigenvalue weighted by Gasteiger charge is 2.18. The van der Waals surface area contributed by atoms with Crippen molar-refractivity contribution in [2.24, 2.45) is 0 Å². The maximum Gasteiger partial charge on any atom is 0.265 e. The molecule has 2 N–H and O–H groups in total. The number of hydrogen-bond donors (Lipinski definition) is 2. The third kappa shape index (κ3) is 6.93. The first-order chi connectivity index (χ1) is 20.9. The maximum absolute atomic E-state index is 13.3. The Balaban J connectivity index is 1.07. The molecule has 43 heavy (non-hydrogen) atoms. The normalized spacial score (nSPS) is 15.3. The summed E-state index contributed by atoms with van der Waals surface area (Å²) in [6.07, 6.45) is 0. The quantitative estimate of drug-likeness (QED) is 0.262. The van der Waals surface area contributed by atoms with Crippen molar-refractivity contribution in [1.82, 2.24) is 9.80 Å². The molecule has 0 unspecified atom stereocenters. The van der Waals surface area contributed by atoms with Gasteiger partial charge in [-0.05, 0) is 79.0 Å². The average Bonchev–Trinajstić information content (AvgIpc) is 3.46. The molecule has 0 saturated carbocycles. The topological polar surface area (TPSA) is 92.4 Å². The number of nitrogens with zero attached hydrogens (tertiary/aromatic N) is 2. The smallest absolute Gasteiger partial charge is 0.265 e. The van der Waals surface area contributed by atoms with E-state index in [1.165, 1.54) is 11.3 Å². The SMILES string of the molecule is CCN1CCN(CCOc2ccc3cc(C(=O)Nc4cc(NC(=O)c5ccc6c(c5)OCCO6)ccc4C)sc3c2)CC1. The zero-order valence-electron chi connectivity index (χ0n) is 24.5. The van der Waals surface area contributed by atoms with Crippen molar-refractivity contribution in [3.63, 3.8) is 0 Å². The summed E-state index contributed by atoms with van der Waals surface area (Å²) in [7, 11) is 0. The number of nitrogens with one attached hydrogen (secondary N) is 2. The fourth-order valence-corrected chi connectivity index (χ4v) is 6.23. The Morgan fingerprint density at radius 1 is 0.860 bits per heavy atom. The number of carbonyl (C=O) groups excluding carboxylic acids is 2. The van der Waals surface area contributed by atoms with Crippen LogP contribution in [0.15, 0.2) is 60.7 Å². The largest absolute Gasteiger partial charge is 0.492 e. The molecule has 0 atom stereocenters. The van der Waals surface area contributed by atoms with E-state index in [-0.39, 0.29) is 11.8 Å². The molecular formula is C33H36N4O5S. The van der Waals surface area contributed by atoms with Gasteiger partial charge in [-0.15, -0.1) is 11.3 Å². The monoisotopic (exact) mass is 600 g/mol. The van der Waals surface area contributed by atoms with Crippen LogP contribution in [0.4, 0.5) is 11.4 Å². The minimum Gasteiger partial charge on any atom is -0.492 e. The van der Waals surface area contributed by atoms with Crippen LogP contribution in [0.2, 0.25) is 0 Å². The highest BCUT2D eigenvalue weighted by Crippen LogP contribution is 2.32. The molecule has 10 heteroatoms. The standard InChI is InChI=1S/C33H36N4O5S/c1-3-36-10-12-37(13-11-36)14-15-40-26-8-5-23-19-31(43-30(23)21-26)33(39)35-27-20-25(7-4-22(27)2)34-32(38)24-6-9-28-29(18-24)42-17-16-41-28/h4-9,18-21H,3,10-17H2,1-2H3,(H,34,38)(H,35,39). The lowest BCUT2D eigenvalue weighted by Gasteiger charge is -2.33. The first-order valence-corrected chi connectivity index (χ1v) is 15.5. The van der Waals surface area contributed by atoms with E-state index in [9.17, 15) is 9.59 Å². The Bertz CT molecular complexity index is 1630. The summed E-state index contributed by atoms with van der Waals surface area (Å²) in [5, 5.41) is 6.93. The van der Waals surface area contributed by atoms with Crippen molar-refractivity contribution in [3.8, 4) is 17.2 Å². The number of rotatable bonds is 9. The van der Waals surface area contributed by atoms with Crippen LogP contribution in [0.5, 0.6) is 17.2 Å². The van der Waals surface area contributed by atoms with E-state index in [2.05, 4.69) is 27.4 Å². The second-order valence-electron chi connectivity index (χ2n) is 10.7. The number of piperazine rings is 1. The number of amides is 2. The summed E-state index contributed by atoms with van der Waals surface area (Å²) >= 11 is 1.43. The second-order valence-corrected chi connectivity index (χ2v) is 11.8. The van der Waals surface area contributed by atoms with Gasteiger partial charge in [0.05, 0.1) is 4.88 Å². The van der Waals surface area contributed by atoms with Gasteiger partial charge in [-0.1, -0.05) is 13.0 Å². The highest BCUT2D eigenvalue weighted by molar-refractivity contribution is 7.20. The first-order valence-electron chi connectivity index (χ1n) is 14.7. The van der Waals surface area contributed by atoms with E-state index in [4.69, 9.17) is 14.2 Å². The van der Waals surface area contributed by atoms with Crippen molar-refractivity contribution in [2.75, 3.05) is 69.7 Å². The third-order valence-electron chi connectivity index (χ3n) is 7.85. The Kier molecular flexibility index (Phi) is 8.78. The summed E-state index contributed by atoms with van der Waals surface area (Å²) in [5.41, 5.74) is 2.55. The highest BCUT2D eigenvalue weighted by atomic mass is 32.1. The van der Waals surface area contributed by atoms with E-state index in [0.717, 1.165) is 60.7 Å². The molecule has 9 nitrogen and oxygen atoms in total. The van der Waals surface area contributed by atoms with Crippen LogP contribution in [-0.2, 0) is 0 Å². The van der Waals surface area contributed by atoms with E-state index < -0.39 is 0 Å². The van der Waals surface area contributed by atoms with Gasteiger partial charge in [-0.25, -0.2) is 0 Å². The minimum atomic E-state index is -0.278. The fraction of sp³-hybridized carbons (Fsp3) is 0.333. The molecule has 4 aromatic rings. The number of likely N-dealkylation sites (N-methyl/N-ethyl adjacent to an activating group) is 1. The summed E-state index contributed by atoms with van der Waals surface area (Å²) in [6, 6.07) is 18.4. The van der Waals surface area contributed by atoms with Gasteiger partial charge < -0.3 is 29.7 Å². The van der Waals surface area contributed by atoms with Gasteiger partial charge in [0.2, 0.25) is 0 Å². The minimum absolute atomic E-state index is 0.201. The molecule has 3 heterocycles. The van der Waals surface area contributed by atoms with Gasteiger partial charge in [0.1, 0.15) is 25.6 Å². The molecule has 1 aromatic heterocycles. The lowest BCUT2D eigenvalue weighted by molar-refractivity contribution is 0.102. The number of ether oxygens (including phenoxy) is 3. The van der Waals surface area contributed by atoms with Gasteiger partial charge in [0.15, 0.2) is 11.5 Å². The molecule has 0 radical (unpaired) electrons. The van der Waals surface area contributed by atoms with E-state index in [1.807, 2.05) is 43.3 Å². The first kappa shape index (κ1) is 29.0. The molecule has 0 aliphatic carbocycles. The molecule has 6 rings (SSSR count). The fourth-order valence-electron chi connectivity index (χ4n) is 5.24. The van der Waals surface area contributed by atoms with Gasteiger partial charge in [-0.3, -0.25) is 14.5 Å². The van der Waals surface area contributed by atoms with Crippen LogP contribution in [0.1, 0.15) is 32.5 Å². The van der Waals surface area contributed by atoms with Crippen LogP contribution >= 0.6 is 11.3 Å². The average molecular weight is 601 g/mol. The number of fused-ring (bicyclic) bond motifs is 2. The van der Waals surface area contributed by atoms with Crippen molar-refractivity contribution in [3.05, 3.63) is 76.7 Å². The third-order valence-corrected chi connectivity index (χ3v) is 8.95. The molecule has 0 spiro atoms. The van der Waals surface area contributed by atoms with Crippen molar-refractivity contribution >= 4 is 44.6 Å². The molecular weight excluding hydrogens is 564 g/mol. The van der Waals surface area contributed by atoms with Gasteiger partial charge in [0, 0.05) is 54.4 Å². The number of anilines is 2. The van der Waals surface area contributed by atoms with Crippen molar-refractivity contribution < 1.29 is 23.8 Å². The lowest BCUT2D eigenvalue weighted by Crippen LogP contribution is -2.47. The zero-order valence-corrected chi connectivity index (χ0v) is 25.3. The van der Waals surface area contributed by atoms with Gasteiger partial charge in [0.25, 0.3) is 11.8 Å². The Hall–Kier alpha value is -4.12.